The highest BCUT2D eigenvalue weighted by Gasteiger charge is 2.37. The standard InChI is InChI=1S/C17H25N3/c1-19-14-6-7-15(19)12-20(9-8-14)17-11-18-10-13-4-2-3-5-16(13)17/h2-5,14-15,17-18H,6-12H2,1H3. The molecule has 3 heterocycles. The van der Waals surface area contributed by atoms with Gasteiger partial charge in [-0.05, 0) is 37.4 Å². The monoisotopic (exact) mass is 271 g/mol. The van der Waals surface area contributed by atoms with Gasteiger partial charge in [-0.3, -0.25) is 9.80 Å². The number of benzene rings is 1. The van der Waals surface area contributed by atoms with Crippen LogP contribution in [0.2, 0.25) is 0 Å². The molecule has 3 atom stereocenters. The fourth-order valence-electron chi connectivity index (χ4n) is 4.42. The highest BCUT2D eigenvalue weighted by molar-refractivity contribution is 5.32. The van der Waals surface area contributed by atoms with Crippen LogP contribution in [0.4, 0.5) is 0 Å². The van der Waals surface area contributed by atoms with E-state index in [4.69, 9.17) is 0 Å². The summed E-state index contributed by atoms with van der Waals surface area (Å²) in [4.78, 5) is 5.38. The summed E-state index contributed by atoms with van der Waals surface area (Å²) >= 11 is 0. The second-order valence-electron chi connectivity index (χ2n) is 6.68. The van der Waals surface area contributed by atoms with Crippen molar-refractivity contribution in [2.24, 2.45) is 0 Å². The number of fused-ring (bicyclic) bond motifs is 3. The Morgan fingerprint density at radius 2 is 1.95 bits per heavy atom. The number of hydrogen-bond acceptors (Lipinski definition) is 3. The first-order chi connectivity index (χ1) is 9.83. The van der Waals surface area contributed by atoms with E-state index >= 15 is 0 Å². The molecule has 2 bridgehead atoms. The molecule has 3 aliphatic rings. The molecule has 3 aliphatic heterocycles. The van der Waals surface area contributed by atoms with E-state index < -0.39 is 0 Å². The predicted molar refractivity (Wildman–Crippen MR) is 81.7 cm³/mol. The summed E-state index contributed by atoms with van der Waals surface area (Å²) in [5.74, 6) is 0. The van der Waals surface area contributed by atoms with Crippen molar-refractivity contribution in [1.29, 1.82) is 0 Å². The summed E-state index contributed by atoms with van der Waals surface area (Å²) in [6, 6.07) is 11.2. The van der Waals surface area contributed by atoms with Crippen LogP contribution in [0.1, 0.15) is 36.4 Å². The Kier molecular flexibility index (Phi) is 3.29. The average molecular weight is 271 g/mol. The topological polar surface area (TPSA) is 18.5 Å². The molecule has 0 radical (unpaired) electrons. The van der Waals surface area contributed by atoms with Crippen molar-refractivity contribution in [1.82, 2.24) is 15.1 Å². The molecule has 0 amide bonds. The van der Waals surface area contributed by atoms with E-state index in [-0.39, 0.29) is 0 Å². The Labute approximate surface area is 121 Å². The SMILES string of the molecule is CN1C2CCC1CN(C1CNCc3ccccc31)CC2. The number of rotatable bonds is 1. The molecule has 3 unspecified atom stereocenters. The highest BCUT2D eigenvalue weighted by atomic mass is 15.3. The van der Waals surface area contributed by atoms with Gasteiger partial charge >= 0.3 is 0 Å². The third kappa shape index (κ3) is 2.09. The highest BCUT2D eigenvalue weighted by Crippen LogP contribution is 2.34. The molecule has 1 aromatic carbocycles. The lowest BCUT2D eigenvalue weighted by Crippen LogP contribution is -2.43. The van der Waals surface area contributed by atoms with Gasteiger partial charge in [0.05, 0.1) is 0 Å². The van der Waals surface area contributed by atoms with Gasteiger partial charge in [0, 0.05) is 44.3 Å². The zero-order valence-corrected chi connectivity index (χ0v) is 12.4. The van der Waals surface area contributed by atoms with E-state index in [1.807, 2.05) is 0 Å². The fourth-order valence-corrected chi connectivity index (χ4v) is 4.42. The molecule has 20 heavy (non-hydrogen) atoms. The van der Waals surface area contributed by atoms with Crippen LogP contribution in [0.3, 0.4) is 0 Å². The van der Waals surface area contributed by atoms with Gasteiger partial charge in [-0.25, -0.2) is 0 Å². The van der Waals surface area contributed by atoms with Crippen LogP contribution in [-0.4, -0.2) is 48.6 Å². The molecular weight excluding hydrogens is 246 g/mol. The average Bonchev–Trinajstić information content (AvgIpc) is 2.72. The Balaban J connectivity index is 1.59. The summed E-state index contributed by atoms with van der Waals surface area (Å²) in [5, 5.41) is 3.61. The largest absolute Gasteiger partial charge is 0.311 e. The van der Waals surface area contributed by atoms with Crippen LogP contribution in [0.5, 0.6) is 0 Å². The van der Waals surface area contributed by atoms with Crippen LogP contribution < -0.4 is 5.32 Å². The van der Waals surface area contributed by atoms with E-state index in [0.717, 1.165) is 25.2 Å². The molecule has 2 saturated heterocycles. The molecule has 3 heteroatoms. The Bertz CT molecular complexity index is 487. The lowest BCUT2D eigenvalue weighted by molar-refractivity contribution is 0.163. The van der Waals surface area contributed by atoms with Gasteiger partial charge in [0.25, 0.3) is 0 Å². The maximum Gasteiger partial charge on any atom is 0.0476 e. The van der Waals surface area contributed by atoms with E-state index in [9.17, 15) is 0 Å². The summed E-state index contributed by atoms with van der Waals surface area (Å²) in [6.07, 6.45) is 4.14. The zero-order valence-electron chi connectivity index (χ0n) is 12.4. The molecule has 1 N–H and O–H groups in total. The van der Waals surface area contributed by atoms with Crippen molar-refractivity contribution in [3.8, 4) is 0 Å². The third-order valence-electron chi connectivity index (χ3n) is 5.69. The van der Waals surface area contributed by atoms with E-state index in [2.05, 4.69) is 46.4 Å². The normalized spacial score (nSPS) is 34.8. The smallest absolute Gasteiger partial charge is 0.0476 e. The van der Waals surface area contributed by atoms with Gasteiger partial charge < -0.3 is 5.32 Å². The van der Waals surface area contributed by atoms with Crippen molar-refractivity contribution in [2.45, 2.75) is 43.9 Å². The molecule has 2 fully saturated rings. The Morgan fingerprint density at radius 3 is 2.90 bits per heavy atom. The summed E-state index contributed by atoms with van der Waals surface area (Å²) in [7, 11) is 2.33. The molecule has 0 aromatic heterocycles. The first-order valence-electron chi connectivity index (χ1n) is 8.07. The van der Waals surface area contributed by atoms with Crippen molar-refractivity contribution in [3.05, 3.63) is 35.4 Å². The molecule has 0 saturated carbocycles. The first kappa shape index (κ1) is 12.8. The van der Waals surface area contributed by atoms with Gasteiger partial charge in [-0.2, -0.15) is 0 Å². The minimum Gasteiger partial charge on any atom is -0.311 e. The van der Waals surface area contributed by atoms with Gasteiger partial charge in [-0.15, -0.1) is 0 Å². The van der Waals surface area contributed by atoms with Crippen molar-refractivity contribution in [3.63, 3.8) is 0 Å². The molecule has 4 rings (SSSR count). The number of likely N-dealkylation sites (N-methyl/N-ethyl adjacent to an activating group) is 1. The summed E-state index contributed by atoms with van der Waals surface area (Å²) in [6.45, 7) is 4.64. The molecule has 108 valence electrons. The molecule has 3 nitrogen and oxygen atoms in total. The van der Waals surface area contributed by atoms with Crippen molar-refractivity contribution >= 4 is 0 Å². The second-order valence-corrected chi connectivity index (χ2v) is 6.68. The lowest BCUT2D eigenvalue weighted by atomic mass is 9.94. The zero-order chi connectivity index (χ0) is 13.5. The minimum absolute atomic E-state index is 0.577. The third-order valence-corrected chi connectivity index (χ3v) is 5.69. The number of nitrogens with one attached hydrogen (secondary N) is 1. The molecule has 1 aromatic rings. The van der Waals surface area contributed by atoms with Gasteiger partial charge in [0.1, 0.15) is 0 Å². The summed E-state index contributed by atoms with van der Waals surface area (Å²) in [5.41, 5.74) is 3.05. The van der Waals surface area contributed by atoms with Crippen LogP contribution >= 0.6 is 0 Å². The van der Waals surface area contributed by atoms with E-state index in [0.29, 0.717) is 6.04 Å². The maximum atomic E-state index is 3.61. The first-order valence-corrected chi connectivity index (χ1v) is 8.07. The van der Waals surface area contributed by atoms with Crippen LogP contribution in [0.25, 0.3) is 0 Å². The van der Waals surface area contributed by atoms with Crippen LogP contribution in [0.15, 0.2) is 24.3 Å². The molecular formula is C17H25N3. The predicted octanol–water partition coefficient (Wildman–Crippen LogP) is 2.00. The van der Waals surface area contributed by atoms with Crippen LogP contribution in [0, 0.1) is 0 Å². The van der Waals surface area contributed by atoms with E-state index in [1.54, 1.807) is 5.56 Å². The van der Waals surface area contributed by atoms with Gasteiger partial charge in [0.2, 0.25) is 0 Å². The minimum atomic E-state index is 0.577. The maximum absolute atomic E-state index is 3.61. The number of nitrogens with zero attached hydrogens (tertiary/aromatic N) is 2. The van der Waals surface area contributed by atoms with Crippen molar-refractivity contribution in [2.75, 3.05) is 26.7 Å². The molecule has 0 spiro atoms. The fraction of sp³-hybridized carbons (Fsp3) is 0.647. The number of likely N-dealkylation sites (tertiary alicyclic amines) is 1. The van der Waals surface area contributed by atoms with Gasteiger partial charge in [0.15, 0.2) is 0 Å². The quantitative estimate of drug-likeness (QED) is 0.843. The number of hydrogen-bond donors (Lipinski definition) is 1. The summed E-state index contributed by atoms with van der Waals surface area (Å²) < 4.78 is 0. The van der Waals surface area contributed by atoms with E-state index in [1.165, 1.54) is 37.9 Å². The molecule has 0 aliphatic carbocycles. The Hall–Kier alpha value is -0.900. The van der Waals surface area contributed by atoms with Gasteiger partial charge in [-0.1, -0.05) is 24.3 Å². The Morgan fingerprint density at radius 1 is 1.10 bits per heavy atom. The second kappa shape index (κ2) is 5.14. The van der Waals surface area contributed by atoms with Crippen molar-refractivity contribution < 1.29 is 0 Å². The lowest BCUT2D eigenvalue weighted by Gasteiger charge is -2.37. The van der Waals surface area contributed by atoms with Crippen LogP contribution in [-0.2, 0) is 6.54 Å².